The van der Waals surface area contributed by atoms with E-state index in [4.69, 9.17) is 9.47 Å². The van der Waals surface area contributed by atoms with E-state index in [0.29, 0.717) is 11.5 Å². The summed E-state index contributed by atoms with van der Waals surface area (Å²) in [6.45, 7) is 6.95. The Morgan fingerprint density at radius 1 is 1.13 bits per heavy atom. The molecular weight excluding hydrogens is 320 g/mol. The number of hydrogen-bond donors (Lipinski definition) is 2. The van der Waals surface area contributed by atoms with Crippen LogP contribution in [-0.2, 0) is 14.8 Å². The van der Waals surface area contributed by atoms with Gasteiger partial charge in [0.25, 0.3) is 0 Å². The van der Waals surface area contributed by atoms with E-state index in [9.17, 15) is 13.2 Å². The monoisotopic (exact) mass is 344 g/mol. The zero-order valence-electron chi connectivity index (χ0n) is 14.3. The third-order valence-electron chi connectivity index (χ3n) is 2.89. The second kappa shape index (κ2) is 7.18. The maximum absolute atomic E-state index is 12.4. The zero-order valence-corrected chi connectivity index (χ0v) is 15.1. The van der Waals surface area contributed by atoms with Gasteiger partial charge in [-0.15, -0.1) is 0 Å². The molecule has 1 atom stereocenters. The predicted octanol–water partition coefficient (Wildman–Crippen LogP) is 1.29. The van der Waals surface area contributed by atoms with Crippen molar-refractivity contribution in [3.05, 3.63) is 18.2 Å². The third-order valence-corrected chi connectivity index (χ3v) is 4.43. The Balaban J connectivity index is 2.97. The number of benzene rings is 1. The molecule has 0 aliphatic heterocycles. The normalized spacial score (nSPS) is 13.3. The van der Waals surface area contributed by atoms with Crippen LogP contribution in [-0.4, -0.2) is 40.1 Å². The number of ether oxygens (including phenoxy) is 2. The summed E-state index contributed by atoms with van der Waals surface area (Å²) >= 11 is 0. The summed E-state index contributed by atoms with van der Waals surface area (Å²) in [5.74, 6) is 0.314. The number of rotatable bonds is 6. The number of amides is 1. The van der Waals surface area contributed by atoms with Gasteiger partial charge in [-0.3, -0.25) is 4.79 Å². The number of sulfonamides is 1. The molecule has 130 valence electrons. The molecule has 1 aromatic rings. The molecule has 1 rings (SSSR count). The molecule has 0 radical (unpaired) electrons. The average molecular weight is 344 g/mol. The summed E-state index contributed by atoms with van der Waals surface area (Å²) in [4.78, 5) is 12.0. The van der Waals surface area contributed by atoms with Crippen molar-refractivity contribution in [2.75, 3.05) is 14.2 Å². The van der Waals surface area contributed by atoms with Gasteiger partial charge in [-0.25, -0.2) is 8.42 Å². The summed E-state index contributed by atoms with van der Waals surface area (Å²) in [7, 11) is -0.985. The highest BCUT2D eigenvalue weighted by Crippen LogP contribution is 2.29. The van der Waals surface area contributed by atoms with Gasteiger partial charge < -0.3 is 14.8 Å². The first kappa shape index (κ1) is 19.2. The quantitative estimate of drug-likeness (QED) is 0.811. The zero-order chi connectivity index (χ0) is 17.8. The Labute approximate surface area is 137 Å². The fourth-order valence-electron chi connectivity index (χ4n) is 1.82. The summed E-state index contributed by atoms with van der Waals surface area (Å²) in [5.41, 5.74) is -0.444. The Bertz CT molecular complexity index is 665. The van der Waals surface area contributed by atoms with E-state index in [1.165, 1.54) is 39.3 Å². The minimum Gasteiger partial charge on any atom is -0.493 e. The fraction of sp³-hybridized carbons (Fsp3) is 0.533. The van der Waals surface area contributed by atoms with E-state index in [1.54, 1.807) is 0 Å². The van der Waals surface area contributed by atoms with Crippen LogP contribution < -0.4 is 19.5 Å². The molecule has 23 heavy (non-hydrogen) atoms. The molecule has 0 fully saturated rings. The van der Waals surface area contributed by atoms with Crippen molar-refractivity contribution >= 4 is 15.9 Å². The van der Waals surface area contributed by atoms with Gasteiger partial charge in [0.05, 0.1) is 25.2 Å². The molecule has 0 aromatic heterocycles. The van der Waals surface area contributed by atoms with Crippen molar-refractivity contribution in [1.82, 2.24) is 10.0 Å². The smallest absolute Gasteiger partial charge is 0.241 e. The van der Waals surface area contributed by atoms with Crippen LogP contribution >= 0.6 is 0 Å². The molecule has 0 unspecified atom stereocenters. The molecule has 8 heteroatoms. The maximum Gasteiger partial charge on any atom is 0.241 e. The molecule has 0 spiro atoms. The second-order valence-electron chi connectivity index (χ2n) is 6.10. The lowest BCUT2D eigenvalue weighted by molar-refractivity contribution is -0.123. The van der Waals surface area contributed by atoms with Gasteiger partial charge in [-0.2, -0.15) is 4.72 Å². The summed E-state index contributed by atoms with van der Waals surface area (Å²) in [5, 5.41) is 2.72. The number of nitrogens with one attached hydrogen (secondary N) is 2. The molecule has 1 aromatic carbocycles. The lowest BCUT2D eigenvalue weighted by Gasteiger charge is -2.23. The molecule has 7 nitrogen and oxygen atoms in total. The Morgan fingerprint density at radius 3 is 2.17 bits per heavy atom. The van der Waals surface area contributed by atoms with Crippen LogP contribution in [0, 0.1) is 0 Å². The number of carbonyl (C=O) groups excluding carboxylic acids is 1. The first-order valence-corrected chi connectivity index (χ1v) is 8.55. The van der Waals surface area contributed by atoms with E-state index in [1.807, 2.05) is 20.8 Å². The van der Waals surface area contributed by atoms with Gasteiger partial charge in [0.1, 0.15) is 0 Å². The van der Waals surface area contributed by atoms with Crippen LogP contribution in [0.5, 0.6) is 11.5 Å². The van der Waals surface area contributed by atoms with Gasteiger partial charge >= 0.3 is 0 Å². The highest BCUT2D eigenvalue weighted by molar-refractivity contribution is 7.89. The molecule has 1 amide bonds. The van der Waals surface area contributed by atoms with E-state index < -0.39 is 27.5 Å². The molecule has 0 aliphatic carbocycles. The Morgan fingerprint density at radius 2 is 1.70 bits per heavy atom. The Kier molecular flexibility index (Phi) is 6.01. The average Bonchev–Trinajstić information content (AvgIpc) is 2.44. The molecule has 2 N–H and O–H groups in total. The minimum absolute atomic E-state index is 0.00874. The van der Waals surface area contributed by atoms with Gasteiger partial charge in [0, 0.05) is 11.6 Å². The van der Waals surface area contributed by atoms with E-state index in [0.717, 1.165) is 0 Å². The van der Waals surface area contributed by atoms with Crippen molar-refractivity contribution in [2.24, 2.45) is 0 Å². The summed E-state index contributed by atoms with van der Waals surface area (Å²) in [6, 6.07) is 3.31. The lowest BCUT2D eigenvalue weighted by Crippen LogP contribution is -2.50. The van der Waals surface area contributed by atoms with Crippen LogP contribution in [0.1, 0.15) is 27.7 Å². The minimum atomic E-state index is -3.86. The van der Waals surface area contributed by atoms with Crippen molar-refractivity contribution in [1.29, 1.82) is 0 Å². The first-order chi connectivity index (χ1) is 10.5. The molecule has 0 saturated carbocycles. The molecule has 0 saturated heterocycles. The third kappa shape index (κ3) is 5.40. The topological polar surface area (TPSA) is 93.7 Å². The van der Waals surface area contributed by atoms with Crippen LogP contribution in [0.4, 0.5) is 0 Å². The second-order valence-corrected chi connectivity index (χ2v) is 7.81. The SMILES string of the molecule is COc1ccc(S(=O)(=O)N[C@H](C)C(=O)NC(C)(C)C)cc1OC. The standard InChI is InChI=1S/C15H24N2O5S/c1-10(14(18)16-15(2,3)4)17-23(19,20)11-7-8-12(21-5)13(9-11)22-6/h7-10,17H,1-6H3,(H,16,18)/t10-/m1/s1. The van der Waals surface area contributed by atoms with Crippen LogP contribution in [0.25, 0.3) is 0 Å². The van der Waals surface area contributed by atoms with Crippen LogP contribution in [0.2, 0.25) is 0 Å². The van der Waals surface area contributed by atoms with Gasteiger partial charge in [-0.05, 0) is 39.8 Å². The maximum atomic E-state index is 12.4. The highest BCUT2D eigenvalue weighted by atomic mass is 32.2. The molecule has 0 aliphatic rings. The highest BCUT2D eigenvalue weighted by Gasteiger charge is 2.25. The number of carbonyl (C=O) groups is 1. The lowest BCUT2D eigenvalue weighted by atomic mass is 10.1. The van der Waals surface area contributed by atoms with Crippen molar-refractivity contribution in [3.63, 3.8) is 0 Å². The number of methoxy groups -OCH3 is 2. The van der Waals surface area contributed by atoms with Gasteiger partial charge in [0.15, 0.2) is 11.5 Å². The molecule has 0 bridgehead atoms. The summed E-state index contributed by atoms with van der Waals surface area (Å²) < 4.78 is 37.3. The largest absolute Gasteiger partial charge is 0.493 e. The van der Waals surface area contributed by atoms with Crippen molar-refractivity contribution in [3.8, 4) is 11.5 Å². The summed E-state index contributed by atoms with van der Waals surface area (Å²) in [6.07, 6.45) is 0. The van der Waals surface area contributed by atoms with E-state index in [2.05, 4.69) is 10.0 Å². The first-order valence-electron chi connectivity index (χ1n) is 7.06. The number of hydrogen-bond acceptors (Lipinski definition) is 5. The van der Waals surface area contributed by atoms with Gasteiger partial charge in [0.2, 0.25) is 15.9 Å². The van der Waals surface area contributed by atoms with Crippen molar-refractivity contribution < 1.29 is 22.7 Å². The molecule has 0 heterocycles. The van der Waals surface area contributed by atoms with E-state index >= 15 is 0 Å². The fourth-order valence-corrected chi connectivity index (χ4v) is 3.03. The predicted molar refractivity (Wildman–Crippen MR) is 87.2 cm³/mol. The van der Waals surface area contributed by atoms with E-state index in [-0.39, 0.29) is 4.90 Å². The van der Waals surface area contributed by atoms with Crippen LogP contribution in [0.15, 0.2) is 23.1 Å². The van der Waals surface area contributed by atoms with Crippen LogP contribution in [0.3, 0.4) is 0 Å². The Hall–Kier alpha value is -1.80. The van der Waals surface area contributed by atoms with Crippen molar-refractivity contribution in [2.45, 2.75) is 44.2 Å². The molecular formula is C15H24N2O5S. The van der Waals surface area contributed by atoms with Gasteiger partial charge in [-0.1, -0.05) is 0 Å².